The molecule has 0 bridgehead atoms. The van der Waals surface area contributed by atoms with Gasteiger partial charge in [-0.05, 0) is 23.7 Å². The maximum atomic E-state index is 11.5. The molecule has 2 atom stereocenters. The Kier molecular flexibility index (Phi) is 19.3. The topological polar surface area (TPSA) is 81.2 Å². The van der Waals surface area contributed by atoms with E-state index in [1.165, 1.54) is 0 Å². The number of hydrogen-bond donors (Lipinski definition) is 0. The Morgan fingerprint density at radius 1 is 0.438 bits per heavy atom. The SMILES string of the molecule is CN1CC2CC(=O)N(C)CC2CC1=O.CN1CC2CN(C)C(=O)CC2CC1=O.[Ar].[Ar].[Ar].[Ar]. The fourth-order valence-corrected chi connectivity index (χ4v) is 4.86. The molecule has 0 spiro atoms. The molecule has 32 heavy (non-hydrogen) atoms. The van der Waals surface area contributed by atoms with Crippen molar-refractivity contribution in [1.82, 2.24) is 19.6 Å². The minimum Gasteiger partial charge on any atom is -0.345 e. The standard InChI is InChI=1S/2C10H16N2O2.4Ar/c1-11-5-7-4-10(14)12(2)6-8(7)3-9(11)13;1-11-5-8-6-12(2)10(14)4-7(8)3-9(11)13;;;;/h2*7-8H,3-6H2,1-2H3;;;;. The first kappa shape index (κ1) is 37.1. The molecule has 188 valence electrons. The summed E-state index contributed by atoms with van der Waals surface area (Å²) < 4.78 is 0. The van der Waals surface area contributed by atoms with E-state index in [4.69, 9.17) is 0 Å². The molecule has 4 aliphatic rings. The first-order valence-corrected chi connectivity index (χ1v) is 10.1. The second-order valence-electron chi connectivity index (χ2n) is 8.95. The van der Waals surface area contributed by atoms with Crippen LogP contribution in [0.5, 0.6) is 0 Å². The number of amides is 4. The van der Waals surface area contributed by atoms with Crippen molar-refractivity contribution in [1.29, 1.82) is 0 Å². The van der Waals surface area contributed by atoms with Crippen LogP contribution in [0.1, 0.15) is 25.7 Å². The number of nitrogens with zero attached hydrogens (tertiary/aromatic N) is 4. The molecule has 4 aliphatic heterocycles. The quantitative estimate of drug-likeness (QED) is 0.420. The van der Waals surface area contributed by atoms with E-state index in [0.29, 0.717) is 49.4 Å². The number of piperidine rings is 4. The molecule has 4 rings (SSSR count). The van der Waals surface area contributed by atoms with Crippen molar-refractivity contribution in [3.63, 3.8) is 0 Å². The van der Waals surface area contributed by atoms with Gasteiger partial charge in [0, 0.05) is 231 Å². The monoisotopic (exact) mass is 552 g/mol. The molecule has 0 aliphatic carbocycles. The summed E-state index contributed by atoms with van der Waals surface area (Å²) in [6, 6.07) is 0. The van der Waals surface area contributed by atoms with Gasteiger partial charge in [0.2, 0.25) is 23.6 Å². The van der Waals surface area contributed by atoms with Gasteiger partial charge in [0.15, 0.2) is 0 Å². The largest absolute Gasteiger partial charge is 0.345 e. The van der Waals surface area contributed by atoms with E-state index in [1.807, 2.05) is 28.2 Å². The smallest absolute Gasteiger partial charge is 0.222 e. The molecule has 8 nitrogen and oxygen atoms in total. The van der Waals surface area contributed by atoms with Crippen LogP contribution in [0.15, 0.2) is 0 Å². The zero-order valence-corrected chi connectivity index (χ0v) is 21.6. The van der Waals surface area contributed by atoms with Crippen molar-refractivity contribution in [2.24, 2.45) is 23.7 Å². The van der Waals surface area contributed by atoms with Gasteiger partial charge >= 0.3 is 0 Å². The molecule has 4 fully saturated rings. The Morgan fingerprint density at radius 2 is 0.656 bits per heavy atom. The first-order chi connectivity index (χ1) is 13.2. The van der Waals surface area contributed by atoms with Gasteiger partial charge in [0.25, 0.3) is 0 Å². The van der Waals surface area contributed by atoms with Crippen molar-refractivity contribution >= 4 is 23.6 Å². The van der Waals surface area contributed by atoms with Crippen LogP contribution < -0.4 is 0 Å². The average Bonchev–Trinajstić information content (AvgIpc) is 2.62. The number of carbonyl (C=O) groups is 4. The van der Waals surface area contributed by atoms with Crippen LogP contribution in [0.4, 0.5) is 0 Å². The predicted molar refractivity (Wildman–Crippen MR) is 103 cm³/mol. The fraction of sp³-hybridized carbons (Fsp3) is 0.800. The summed E-state index contributed by atoms with van der Waals surface area (Å²) in [6.07, 6.45) is 2.33. The van der Waals surface area contributed by atoms with Crippen molar-refractivity contribution in [2.45, 2.75) is 25.7 Å². The maximum absolute atomic E-state index is 11.5. The van der Waals surface area contributed by atoms with E-state index in [-0.39, 0.29) is 175 Å². The summed E-state index contributed by atoms with van der Waals surface area (Å²) in [6.45, 7) is 3.12. The van der Waals surface area contributed by atoms with Gasteiger partial charge in [0.1, 0.15) is 0 Å². The van der Waals surface area contributed by atoms with E-state index in [9.17, 15) is 19.2 Å². The number of rotatable bonds is 0. The Balaban J connectivity index is 0. The summed E-state index contributed by atoms with van der Waals surface area (Å²) in [7, 11) is 7.33. The van der Waals surface area contributed by atoms with Crippen molar-refractivity contribution < 1.29 is 170 Å². The van der Waals surface area contributed by atoms with Crippen LogP contribution in [0.2, 0.25) is 0 Å². The Labute approximate surface area is 311 Å². The van der Waals surface area contributed by atoms with E-state index >= 15 is 0 Å². The molecule has 2 unspecified atom stereocenters. The van der Waals surface area contributed by atoms with E-state index in [0.717, 1.165) is 26.2 Å². The molecular weight excluding hydrogens is 520 g/mol. The average molecular weight is 552 g/mol. The fourth-order valence-electron chi connectivity index (χ4n) is 4.86. The minimum absolute atomic E-state index is 0. The third-order valence-corrected chi connectivity index (χ3v) is 6.82. The van der Waals surface area contributed by atoms with Crippen LogP contribution in [-0.4, -0.2) is 97.6 Å². The molecule has 0 N–H and O–H groups in total. The van der Waals surface area contributed by atoms with Crippen molar-refractivity contribution in [3.05, 3.63) is 0 Å². The summed E-state index contributed by atoms with van der Waals surface area (Å²) >= 11 is 0. The number of carbonyl (C=O) groups excluding carboxylic acids is 4. The van der Waals surface area contributed by atoms with Gasteiger partial charge in [-0.25, -0.2) is 0 Å². The second-order valence-corrected chi connectivity index (χ2v) is 8.95. The minimum atomic E-state index is 0. The number of hydrogen-bond acceptors (Lipinski definition) is 4. The molecule has 4 saturated heterocycles. The Bertz CT molecular complexity index is 630. The first-order valence-electron chi connectivity index (χ1n) is 10.1. The van der Waals surface area contributed by atoms with Crippen LogP contribution in [0.25, 0.3) is 0 Å². The third kappa shape index (κ3) is 9.66. The van der Waals surface area contributed by atoms with Crippen molar-refractivity contribution in [2.75, 3.05) is 54.4 Å². The van der Waals surface area contributed by atoms with E-state index in [2.05, 4.69) is 0 Å². The van der Waals surface area contributed by atoms with Gasteiger partial charge in [-0.2, -0.15) is 0 Å². The summed E-state index contributed by atoms with van der Waals surface area (Å²) in [4.78, 5) is 52.9. The normalized spacial score (nSPS) is 29.1. The van der Waals surface area contributed by atoms with Gasteiger partial charge < -0.3 is 19.6 Å². The maximum Gasteiger partial charge on any atom is 0.222 e. The summed E-state index contributed by atoms with van der Waals surface area (Å²) in [5.74, 6) is 2.36. The summed E-state index contributed by atoms with van der Waals surface area (Å²) in [5.41, 5.74) is 0. The molecule has 12 heteroatoms. The van der Waals surface area contributed by atoms with E-state index < -0.39 is 0 Å². The third-order valence-electron chi connectivity index (χ3n) is 6.82. The molecule has 0 aromatic rings. The second kappa shape index (κ2) is 16.7. The molecule has 0 radical (unpaired) electrons. The molecule has 0 saturated carbocycles. The van der Waals surface area contributed by atoms with E-state index in [1.54, 1.807) is 19.6 Å². The number of fused-ring (bicyclic) bond motifs is 2. The molecule has 4 amide bonds. The number of likely N-dealkylation sites (tertiary alicyclic amines) is 4. The van der Waals surface area contributed by atoms with Crippen LogP contribution in [0.3, 0.4) is 0 Å². The molecule has 0 aromatic heterocycles. The van der Waals surface area contributed by atoms with Crippen LogP contribution >= 0.6 is 0 Å². The zero-order valence-electron chi connectivity index (χ0n) is 18.8. The predicted octanol–water partition coefficient (Wildman–Crippen LogP) is -0.114. The molecular formula is C20H32Ar4N4O4. The van der Waals surface area contributed by atoms with Gasteiger partial charge in [-0.15, -0.1) is 0 Å². The molecule has 4 heterocycles. The van der Waals surface area contributed by atoms with Crippen molar-refractivity contribution in [3.8, 4) is 0 Å². The van der Waals surface area contributed by atoms with Gasteiger partial charge in [-0.3, -0.25) is 19.2 Å². The van der Waals surface area contributed by atoms with Crippen LogP contribution in [0, 0.1) is 175 Å². The Morgan fingerprint density at radius 3 is 0.938 bits per heavy atom. The zero-order chi connectivity index (χ0) is 20.6. The Hall–Kier alpha value is 2.92. The van der Waals surface area contributed by atoms with Crippen LogP contribution in [-0.2, 0) is 19.2 Å². The van der Waals surface area contributed by atoms with Gasteiger partial charge in [0.05, 0.1) is 0 Å². The molecule has 0 aromatic carbocycles. The summed E-state index contributed by atoms with van der Waals surface area (Å²) in [5, 5.41) is 0. The van der Waals surface area contributed by atoms with Gasteiger partial charge in [-0.1, -0.05) is 0 Å².